The van der Waals surface area contributed by atoms with Crippen LogP contribution < -0.4 is 20.1 Å². The SMILES string of the molecule is COc1ccc(OC)c([C@@H](C)[NH2+]CC(=O)N[C@@H](C)c2ccc(Cl)cc2Cl)c1. The lowest BCUT2D eigenvalue weighted by atomic mass is 10.1. The van der Waals surface area contributed by atoms with Crippen molar-refractivity contribution < 1.29 is 19.6 Å². The van der Waals surface area contributed by atoms with E-state index in [0.29, 0.717) is 10.0 Å². The molecule has 0 unspecified atom stereocenters. The average Bonchev–Trinajstić information content (AvgIpc) is 2.65. The van der Waals surface area contributed by atoms with Crippen LogP contribution in [0.2, 0.25) is 10.0 Å². The number of benzene rings is 2. The number of hydrogen-bond donors (Lipinski definition) is 2. The monoisotopic (exact) mass is 411 g/mol. The first kappa shape index (κ1) is 21.4. The Morgan fingerprint density at radius 1 is 1.07 bits per heavy atom. The van der Waals surface area contributed by atoms with Crippen molar-refractivity contribution in [3.63, 3.8) is 0 Å². The molecule has 0 bridgehead atoms. The highest BCUT2D eigenvalue weighted by molar-refractivity contribution is 6.35. The quantitative estimate of drug-likeness (QED) is 0.698. The van der Waals surface area contributed by atoms with E-state index in [0.717, 1.165) is 22.6 Å². The molecule has 0 radical (unpaired) electrons. The first-order valence-corrected chi connectivity index (χ1v) is 9.40. The summed E-state index contributed by atoms with van der Waals surface area (Å²) in [6, 6.07) is 10.7. The van der Waals surface area contributed by atoms with Gasteiger partial charge in [-0.25, -0.2) is 0 Å². The summed E-state index contributed by atoms with van der Waals surface area (Å²) < 4.78 is 10.7. The lowest BCUT2D eigenvalue weighted by Gasteiger charge is -2.18. The second-order valence-corrected chi connectivity index (χ2v) is 7.14. The number of hydrogen-bond acceptors (Lipinski definition) is 3. The second kappa shape index (κ2) is 9.83. The Kier molecular flexibility index (Phi) is 7.78. The van der Waals surface area contributed by atoms with Crippen molar-refractivity contribution in [2.24, 2.45) is 0 Å². The highest BCUT2D eigenvalue weighted by Gasteiger charge is 2.19. The minimum atomic E-state index is -0.211. The second-order valence-electron chi connectivity index (χ2n) is 6.29. The van der Waals surface area contributed by atoms with Crippen molar-refractivity contribution in [2.45, 2.75) is 25.9 Å². The number of quaternary nitrogens is 1. The van der Waals surface area contributed by atoms with Gasteiger partial charge in [-0.05, 0) is 49.7 Å². The predicted octanol–water partition coefficient (Wildman–Crippen LogP) is 3.51. The molecular weight excluding hydrogens is 387 g/mol. The van der Waals surface area contributed by atoms with E-state index in [9.17, 15) is 4.79 Å². The molecule has 0 saturated carbocycles. The van der Waals surface area contributed by atoms with Gasteiger partial charge in [0.15, 0.2) is 6.54 Å². The number of halogens is 2. The van der Waals surface area contributed by atoms with E-state index in [-0.39, 0.29) is 24.5 Å². The number of nitrogens with one attached hydrogen (secondary N) is 1. The third-order valence-electron chi connectivity index (χ3n) is 4.39. The molecular formula is C20H25Cl2N2O3+. The number of carbonyl (C=O) groups excluding carboxylic acids is 1. The normalized spacial score (nSPS) is 13.0. The molecule has 1 amide bonds. The van der Waals surface area contributed by atoms with E-state index < -0.39 is 0 Å². The maximum Gasteiger partial charge on any atom is 0.275 e. The number of nitrogens with two attached hydrogens (primary N) is 1. The molecule has 0 aliphatic heterocycles. The van der Waals surface area contributed by atoms with Crippen LogP contribution in [0, 0.1) is 0 Å². The minimum absolute atomic E-state index is 0.0234. The molecule has 146 valence electrons. The topological polar surface area (TPSA) is 64.2 Å². The number of ether oxygens (including phenoxy) is 2. The zero-order chi connectivity index (χ0) is 20.0. The molecule has 0 heterocycles. The fourth-order valence-corrected chi connectivity index (χ4v) is 3.41. The van der Waals surface area contributed by atoms with Gasteiger partial charge in [-0.2, -0.15) is 0 Å². The molecule has 7 heteroatoms. The maximum absolute atomic E-state index is 12.4. The summed E-state index contributed by atoms with van der Waals surface area (Å²) in [6.07, 6.45) is 0. The zero-order valence-corrected chi connectivity index (χ0v) is 17.4. The van der Waals surface area contributed by atoms with Crippen molar-refractivity contribution in [1.29, 1.82) is 0 Å². The van der Waals surface area contributed by atoms with Crippen LogP contribution in [0.3, 0.4) is 0 Å². The number of amides is 1. The third-order valence-corrected chi connectivity index (χ3v) is 4.95. The van der Waals surface area contributed by atoms with Crippen LogP contribution in [0.5, 0.6) is 11.5 Å². The van der Waals surface area contributed by atoms with Crippen LogP contribution >= 0.6 is 23.2 Å². The molecule has 0 aliphatic rings. The van der Waals surface area contributed by atoms with Crippen LogP contribution in [0.4, 0.5) is 0 Å². The molecule has 5 nitrogen and oxygen atoms in total. The van der Waals surface area contributed by atoms with E-state index in [1.807, 2.05) is 43.4 Å². The Morgan fingerprint density at radius 3 is 2.44 bits per heavy atom. The summed E-state index contributed by atoms with van der Waals surface area (Å²) in [5.41, 5.74) is 1.80. The standard InChI is InChI=1S/C20H24Cl2N2O3/c1-12(17-10-15(26-3)6-8-19(17)27-4)23-11-20(25)24-13(2)16-7-5-14(21)9-18(16)22/h5-10,12-13,23H,11H2,1-4H3,(H,24,25)/p+1/t12-,13+/m1/s1. The molecule has 0 aliphatic carbocycles. The molecule has 3 N–H and O–H groups in total. The molecule has 27 heavy (non-hydrogen) atoms. The van der Waals surface area contributed by atoms with Gasteiger partial charge in [0, 0.05) is 10.0 Å². The van der Waals surface area contributed by atoms with Crippen molar-refractivity contribution in [1.82, 2.24) is 5.32 Å². The van der Waals surface area contributed by atoms with Gasteiger partial charge in [0.1, 0.15) is 17.5 Å². The summed E-state index contributed by atoms with van der Waals surface area (Å²) in [7, 11) is 3.25. The van der Waals surface area contributed by atoms with Gasteiger partial charge < -0.3 is 20.1 Å². The summed E-state index contributed by atoms with van der Waals surface area (Å²) in [4.78, 5) is 12.4. The van der Waals surface area contributed by atoms with Gasteiger partial charge in [-0.15, -0.1) is 0 Å². The summed E-state index contributed by atoms with van der Waals surface area (Å²) in [6.45, 7) is 4.18. The average molecular weight is 412 g/mol. The van der Waals surface area contributed by atoms with E-state index >= 15 is 0 Å². The fourth-order valence-electron chi connectivity index (χ4n) is 2.84. The predicted molar refractivity (Wildman–Crippen MR) is 108 cm³/mol. The van der Waals surface area contributed by atoms with Gasteiger partial charge >= 0.3 is 0 Å². The van der Waals surface area contributed by atoms with Crippen molar-refractivity contribution >= 4 is 29.1 Å². The van der Waals surface area contributed by atoms with Gasteiger partial charge in [0.25, 0.3) is 5.91 Å². The van der Waals surface area contributed by atoms with Crippen LogP contribution in [0.1, 0.15) is 37.1 Å². The highest BCUT2D eigenvalue weighted by atomic mass is 35.5. The Hall–Kier alpha value is -1.95. The summed E-state index contributed by atoms with van der Waals surface area (Å²) in [5, 5.41) is 6.01. The molecule has 2 atom stereocenters. The van der Waals surface area contributed by atoms with Crippen molar-refractivity contribution in [3.8, 4) is 11.5 Å². The lowest BCUT2D eigenvalue weighted by Crippen LogP contribution is -2.87. The van der Waals surface area contributed by atoms with Crippen molar-refractivity contribution in [2.75, 3.05) is 20.8 Å². The zero-order valence-electron chi connectivity index (χ0n) is 15.9. The Balaban J connectivity index is 1.97. The maximum atomic E-state index is 12.4. The first-order chi connectivity index (χ1) is 12.8. The van der Waals surface area contributed by atoms with Gasteiger partial charge in [0.2, 0.25) is 0 Å². The molecule has 2 aromatic rings. The van der Waals surface area contributed by atoms with Crippen molar-refractivity contribution in [3.05, 3.63) is 57.6 Å². The van der Waals surface area contributed by atoms with Gasteiger partial charge in [0.05, 0.1) is 25.8 Å². The smallest absolute Gasteiger partial charge is 0.275 e. The summed E-state index contributed by atoms with van der Waals surface area (Å²) in [5.74, 6) is 1.44. The molecule has 2 rings (SSSR count). The largest absolute Gasteiger partial charge is 0.497 e. The van der Waals surface area contributed by atoms with E-state index in [2.05, 4.69) is 5.32 Å². The lowest BCUT2D eigenvalue weighted by molar-refractivity contribution is -0.682. The Morgan fingerprint density at radius 2 is 1.81 bits per heavy atom. The molecule has 0 saturated heterocycles. The minimum Gasteiger partial charge on any atom is -0.497 e. The third kappa shape index (κ3) is 5.76. The van der Waals surface area contributed by atoms with Crippen LogP contribution in [-0.4, -0.2) is 26.7 Å². The van der Waals surface area contributed by atoms with Gasteiger partial charge in [-0.3, -0.25) is 4.79 Å². The van der Waals surface area contributed by atoms with E-state index in [4.69, 9.17) is 32.7 Å². The summed E-state index contributed by atoms with van der Waals surface area (Å²) >= 11 is 12.1. The fraction of sp³-hybridized carbons (Fsp3) is 0.350. The molecule has 0 spiro atoms. The van der Waals surface area contributed by atoms with E-state index in [1.54, 1.807) is 26.4 Å². The molecule has 0 aromatic heterocycles. The van der Waals surface area contributed by atoms with Gasteiger partial charge in [-0.1, -0.05) is 29.3 Å². The van der Waals surface area contributed by atoms with Crippen LogP contribution in [0.25, 0.3) is 0 Å². The highest BCUT2D eigenvalue weighted by Crippen LogP contribution is 2.28. The Labute approximate surface area is 170 Å². The number of rotatable bonds is 8. The van der Waals surface area contributed by atoms with Crippen LogP contribution in [-0.2, 0) is 4.79 Å². The van der Waals surface area contributed by atoms with E-state index in [1.165, 1.54) is 0 Å². The Bertz CT molecular complexity index is 799. The molecule has 0 fully saturated rings. The van der Waals surface area contributed by atoms with Crippen LogP contribution in [0.15, 0.2) is 36.4 Å². The number of methoxy groups -OCH3 is 2. The number of carbonyl (C=O) groups is 1. The first-order valence-electron chi connectivity index (χ1n) is 8.65. The molecule has 2 aromatic carbocycles.